The second kappa shape index (κ2) is 14.7. The van der Waals surface area contributed by atoms with Crippen LogP contribution in [0, 0.1) is 0 Å². The Kier molecular flexibility index (Phi) is 11.6. The minimum absolute atomic E-state index is 0.0449. The van der Waals surface area contributed by atoms with Gasteiger partial charge in [0.1, 0.15) is 11.8 Å². The number of amides is 2. The molecule has 1 atom stereocenters. The Morgan fingerprint density at radius 2 is 1.60 bits per heavy atom. The van der Waals surface area contributed by atoms with Crippen LogP contribution in [0.2, 0.25) is 0 Å². The second-order valence-corrected chi connectivity index (χ2v) is 14.0. The van der Waals surface area contributed by atoms with Crippen LogP contribution in [0.15, 0.2) is 83.3 Å². The van der Waals surface area contributed by atoms with Gasteiger partial charge in [0.2, 0.25) is 21.8 Å². The van der Waals surface area contributed by atoms with E-state index in [1.807, 2.05) is 75.4 Å². The van der Waals surface area contributed by atoms with Crippen molar-refractivity contribution in [2.75, 3.05) is 24.2 Å². The van der Waals surface area contributed by atoms with Crippen LogP contribution in [0.3, 0.4) is 0 Å². The molecule has 0 heterocycles. The number of nitrogens with one attached hydrogen (secondary N) is 1. The zero-order valence-corrected chi connectivity index (χ0v) is 27.2. The largest absolute Gasteiger partial charge is 0.495 e. The van der Waals surface area contributed by atoms with Gasteiger partial charge in [-0.05, 0) is 62.6 Å². The molecule has 1 unspecified atom stereocenters. The van der Waals surface area contributed by atoms with Crippen molar-refractivity contribution in [3.8, 4) is 5.75 Å². The first kappa shape index (κ1) is 33.1. The summed E-state index contributed by atoms with van der Waals surface area (Å²) in [4.78, 5) is 29.3. The Morgan fingerprint density at radius 1 is 0.952 bits per heavy atom. The van der Waals surface area contributed by atoms with E-state index >= 15 is 0 Å². The summed E-state index contributed by atoms with van der Waals surface area (Å²) < 4.78 is 33.0. The van der Waals surface area contributed by atoms with Gasteiger partial charge in [0.15, 0.2) is 0 Å². The van der Waals surface area contributed by atoms with E-state index in [1.54, 1.807) is 29.2 Å². The summed E-state index contributed by atoms with van der Waals surface area (Å²) in [7, 11) is -2.17. The smallest absolute Gasteiger partial charge is 0.243 e. The number of anilines is 1. The number of benzene rings is 3. The molecule has 226 valence electrons. The molecule has 42 heavy (non-hydrogen) atoms. The van der Waals surface area contributed by atoms with Crippen LogP contribution < -0.4 is 14.4 Å². The summed E-state index contributed by atoms with van der Waals surface area (Å²) in [6, 6.07) is 23.3. The van der Waals surface area contributed by atoms with Gasteiger partial charge in [-0.1, -0.05) is 70.5 Å². The number of sulfonamides is 1. The molecule has 10 heteroatoms. The summed E-state index contributed by atoms with van der Waals surface area (Å²) >= 11 is 3.50. The average molecular weight is 659 g/mol. The van der Waals surface area contributed by atoms with Gasteiger partial charge in [-0.2, -0.15) is 0 Å². The molecule has 1 N–H and O–H groups in total. The summed E-state index contributed by atoms with van der Waals surface area (Å²) in [5.74, 6) is -0.0674. The summed E-state index contributed by atoms with van der Waals surface area (Å²) in [5.41, 5.74) is 1.71. The van der Waals surface area contributed by atoms with Crippen molar-refractivity contribution in [2.24, 2.45) is 0 Å². The molecule has 0 saturated carbocycles. The quantitative estimate of drug-likeness (QED) is 0.260. The molecule has 0 saturated heterocycles. The minimum Gasteiger partial charge on any atom is -0.495 e. The number of carbonyl (C=O) groups is 2. The molecule has 0 aliphatic carbocycles. The monoisotopic (exact) mass is 657 g/mol. The summed E-state index contributed by atoms with van der Waals surface area (Å²) in [6.07, 6.45) is 1.76. The lowest BCUT2D eigenvalue weighted by molar-refractivity contribution is -0.142. The molecular formula is C32H40BrN3O5S. The van der Waals surface area contributed by atoms with E-state index in [2.05, 4.69) is 21.2 Å². The van der Waals surface area contributed by atoms with E-state index in [9.17, 15) is 18.0 Å². The molecule has 0 bridgehead atoms. The van der Waals surface area contributed by atoms with Crippen LogP contribution in [0.5, 0.6) is 5.75 Å². The molecule has 3 aromatic carbocycles. The van der Waals surface area contributed by atoms with Gasteiger partial charge >= 0.3 is 0 Å². The van der Waals surface area contributed by atoms with Crippen molar-refractivity contribution < 1.29 is 22.7 Å². The van der Waals surface area contributed by atoms with E-state index in [0.29, 0.717) is 17.9 Å². The summed E-state index contributed by atoms with van der Waals surface area (Å²) in [6.45, 7) is 6.01. The number of halogens is 1. The fourth-order valence-electron chi connectivity index (χ4n) is 4.66. The number of carbonyl (C=O) groups excluding carboxylic acids is 2. The van der Waals surface area contributed by atoms with Crippen molar-refractivity contribution in [2.45, 2.75) is 58.2 Å². The summed E-state index contributed by atoms with van der Waals surface area (Å²) in [5, 5.41) is 3.06. The number of nitrogens with zero attached hydrogens (tertiary/aromatic N) is 2. The van der Waals surface area contributed by atoms with Crippen LogP contribution >= 0.6 is 15.9 Å². The van der Waals surface area contributed by atoms with E-state index in [1.165, 1.54) is 11.4 Å². The number of rotatable bonds is 13. The predicted octanol–water partition coefficient (Wildman–Crippen LogP) is 5.56. The highest BCUT2D eigenvalue weighted by molar-refractivity contribution is 9.10. The predicted molar refractivity (Wildman–Crippen MR) is 171 cm³/mol. The molecule has 0 radical (unpaired) electrons. The Morgan fingerprint density at radius 3 is 2.21 bits per heavy atom. The van der Waals surface area contributed by atoms with E-state index in [0.717, 1.165) is 21.9 Å². The molecule has 0 fully saturated rings. The second-order valence-electron chi connectivity index (χ2n) is 11.2. The highest BCUT2D eigenvalue weighted by Crippen LogP contribution is 2.30. The Bertz CT molecular complexity index is 1460. The van der Waals surface area contributed by atoms with Crippen molar-refractivity contribution in [3.05, 3.63) is 94.5 Å². The van der Waals surface area contributed by atoms with Crippen LogP contribution in [0.25, 0.3) is 0 Å². The first-order valence-corrected chi connectivity index (χ1v) is 16.4. The van der Waals surface area contributed by atoms with Gasteiger partial charge in [0, 0.05) is 35.9 Å². The fourth-order valence-corrected chi connectivity index (χ4v) is 6.07. The van der Waals surface area contributed by atoms with Crippen molar-refractivity contribution in [3.63, 3.8) is 0 Å². The van der Waals surface area contributed by atoms with Gasteiger partial charge in [-0.25, -0.2) is 8.42 Å². The van der Waals surface area contributed by atoms with Crippen LogP contribution in [-0.2, 0) is 32.6 Å². The lowest BCUT2D eigenvalue weighted by Gasteiger charge is -2.34. The van der Waals surface area contributed by atoms with Gasteiger partial charge < -0.3 is 15.0 Å². The van der Waals surface area contributed by atoms with Crippen molar-refractivity contribution >= 4 is 43.5 Å². The Hall–Kier alpha value is -3.37. The van der Waals surface area contributed by atoms with E-state index in [4.69, 9.17) is 4.74 Å². The SMILES string of the molecule is COc1ccccc1N(CCCC(=O)N(Cc1cccc(Br)c1)C(Cc1ccccc1)C(=O)NC(C)(C)C)S(C)(=O)=O. The first-order valence-electron chi connectivity index (χ1n) is 13.8. The maximum Gasteiger partial charge on any atom is 0.243 e. The maximum atomic E-state index is 14.0. The highest BCUT2D eigenvalue weighted by Gasteiger charge is 2.32. The van der Waals surface area contributed by atoms with Gasteiger partial charge in [-0.3, -0.25) is 13.9 Å². The molecule has 0 aliphatic heterocycles. The molecule has 0 aromatic heterocycles. The molecule has 3 rings (SSSR count). The Balaban J connectivity index is 1.92. The third kappa shape index (κ3) is 9.87. The number of para-hydroxylation sites is 2. The molecular weight excluding hydrogens is 618 g/mol. The number of hydrogen-bond acceptors (Lipinski definition) is 5. The van der Waals surface area contributed by atoms with Crippen LogP contribution in [-0.4, -0.2) is 56.6 Å². The molecule has 2 amide bonds. The fraction of sp³-hybridized carbons (Fsp3) is 0.375. The topological polar surface area (TPSA) is 96.0 Å². The maximum absolute atomic E-state index is 14.0. The van der Waals surface area contributed by atoms with Gasteiger partial charge in [0.05, 0.1) is 19.1 Å². The number of hydrogen-bond donors (Lipinski definition) is 1. The van der Waals surface area contributed by atoms with Crippen molar-refractivity contribution in [1.82, 2.24) is 10.2 Å². The standard InChI is InChI=1S/C32H40BrN3O5S/c1-32(2,3)34-31(38)28(22-24-13-7-6-8-14-24)35(23-25-15-11-16-26(33)21-25)30(37)19-12-20-36(42(5,39)40)27-17-9-10-18-29(27)41-4/h6-11,13-18,21,28H,12,19-20,22-23H2,1-5H3,(H,34,38). The molecule has 8 nitrogen and oxygen atoms in total. The van der Waals surface area contributed by atoms with E-state index in [-0.39, 0.29) is 37.7 Å². The van der Waals surface area contributed by atoms with E-state index < -0.39 is 21.6 Å². The normalized spacial score (nSPS) is 12.3. The highest BCUT2D eigenvalue weighted by atomic mass is 79.9. The molecule has 3 aromatic rings. The zero-order valence-electron chi connectivity index (χ0n) is 24.8. The van der Waals surface area contributed by atoms with Gasteiger partial charge in [0.25, 0.3) is 0 Å². The minimum atomic E-state index is -3.65. The molecule has 0 aliphatic rings. The molecule has 0 spiro atoms. The van der Waals surface area contributed by atoms with Crippen LogP contribution in [0.1, 0.15) is 44.7 Å². The average Bonchev–Trinajstić information content (AvgIpc) is 2.92. The zero-order chi connectivity index (χ0) is 30.9. The lowest BCUT2D eigenvalue weighted by atomic mass is 10.00. The third-order valence-corrected chi connectivity index (χ3v) is 8.19. The number of ether oxygens (including phenoxy) is 1. The lowest BCUT2D eigenvalue weighted by Crippen LogP contribution is -2.54. The number of methoxy groups -OCH3 is 1. The Labute approximate surface area is 258 Å². The van der Waals surface area contributed by atoms with Crippen molar-refractivity contribution in [1.29, 1.82) is 0 Å². The first-order chi connectivity index (χ1) is 19.8. The van der Waals surface area contributed by atoms with Crippen LogP contribution in [0.4, 0.5) is 5.69 Å². The third-order valence-electron chi connectivity index (χ3n) is 6.52. The van der Waals surface area contributed by atoms with Gasteiger partial charge in [-0.15, -0.1) is 0 Å².